The van der Waals surface area contributed by atoms with E-state index in [1.54, 1.807) is 31.3 Å². The highest BCUT2D eigenvalue weighted by Gasteiger charge is 2.38. The second kappa shape index (κ2) is 8.86. The Morgan fingerprint density at radius 3 is 2.72 bits per heavy atom. The third kappa shape index (κ3) is 4.62. The van der Waals surface area contributed by atoms with Crippen LogP contribution in [0.25, 0.3) is 10.9 Å². The molecule has 152 valence electrons. The van der Waals surface area contributed by atoms with Gasteiger partial charge < -0.3 is 14.6 Å². The van der Waals surface area contributed by atoms with E-state index in [-0.39, 0.29) is 24.3 Å². The first kappa shape index (κ1) is 20.5. The van der Waals surface area contributed by atoms with Gasteiger partial charge >= 0.3 is 5.97 Å². The van der Waals surface area contributed by atoms with Crippen LogP contribution in [-0.2, 0) is 20.7 Å². The number of nitriles is 1. The number of rotatable bonds is 6. The zero-order valence-corrected chi connectivity index (χ0v) is 16.4. The molecule has 1 heterocycles. The number of amides is 1. The van der Waals surface area contributed by atoms with Crippen molar-refractivity contribution in [1.82, 2.24) is 14.9 Å². The van der Waals surface area contributed by atoms with Crippen LogP contribution in [-0.4, -0.2) is 45.9 Å². The van der Waals surface area contributed by atoms with Crippen molar-refractivity contribution in [2.24, 2.45) is 0 Å². The Morgan fingerprint density at radius 1 is 1.28 bits per heavy atom. The van der Waals surface area contributed by atoms with Crippen LogP contribution in [0.1, 0.15) is 44.3 Å². The van der Waals surface area contributed by atoms with Gasteiger partial charge in [-0.05, 0) is 25.0 Å². The molecule has 2 aromatic rings. The number of H-pyrrole nitrogens is 1. The van der Waals surface area contributed by atoms with Crippen molar-refractivity contribution in [2.75, 3.05) is 13.7 Å². The molecule has 1 N–H and O–H groups in total. The second-order valence-electron chi connectivity index (χ2n) is 7.35. The standard InChI is InChI=1S/C21H24N4O4/c1-25(21(14-22)11-5-2-6-12-21)18(26)13-29-19(27)10-9-17-23-16-8-4-3-7-15(16)20(28)24-17/h3-4,7-8H,2,5-6,9-13H2,1H3,(H,23,24,28). The second-order valence-corrected chi connectivity index (χ2v) is 7.35. The highest BCUT2D eigenvalue weighted by atomic mass is 16.5. The highest BCUT2D eigenvalue weighted by molar-refractivity contribution is 5.81. The number of likely N-dealkylation sites (N-methyl/N-ethyl adjacent to an activating group) is 1. The molecule has 0 spiro atoms. The Labute approximate surface area is 168 Å². The Morgan fingerprint density at radius 2 is 2.00 bits per heavy atom. The van der Waals surface area contributed by atoms with Gasteiger partial charge in [0.1, 0.15) is 11.4 Å². The number of hydrogen-bond donors (Lipinski definition) is 1. The molecule has 1 saturated carbocycles. The number of aromatic amines is 1. The number of ether oxygens (including phenoxy) is 1. The summed E-state index contributed by atoms with van der Waals surface area (Å²) >= 11 is 0. The molecule has 0 radical (unpaired) electrons. The maximum Gasteiger partial charge on any atom is 0.306 e. The molecule has 0 aliphatic heterocycles. The Balaban J connectivity index is 1.53. The minimum Gasteiger partial charge on any atom is -0.456 e. The Bertz CT molecular complexity index is 1000. The summed E-state index contributed by atoms with van der Waals surface area (Å²) in [5.74, 6) is -0.559. The van der Waals surface area contributed by atoms with E-state index in [1.807, 2.05) is 0 Å². The maximum absolute atomic E-state index is 12.4. The van der Waals surface area contributed by atoms with Gasteiger partial charge in [-0.25, -0.2) is 4.98 Å². The molecule has 1 aromatic carbocycles. The van der Waals surface area contributed by atoms with E-state index in [0.29, 0.717) is 29.6 Å². The number of nitrogens with one attached hydrogen (secondary N) is 1. The fourth-order valence-electron chi connectivity index (χ4n) is 3.68. The van der Waals surface area contributed by atoms with E-state index in [9.17, 15) is 19.6 Å². The Hall–Kier alpha value is -3.21. The molecule has 1 fully saturated rings. The summed E-state index contributed by atoms with van der Waals surface area (Å²) in [6.45, 7) is -0.402. The number of carbonyl (C=O) groups excluding carboxylic acids is 2. The van der Waals surface area contributed by atoms with Crippen LogP contribution in [0.2, 0.25) is 0 Å². The number of benzene rings is 1. The van der Waals surface area contributed by atoms with E-state index < -0.39 is 18.1 Å². The summed E-state index contributed by atoms with van der Waals surface area (Å²) in [6, 6.07) is 9.24. The van der Waals surface area contributed by atoms with Crippen molar-refractivity contribution in [1.29, 1.82) is 5.26 Å². The van der Waals surface area contributed by atoms with Gasteiger partial charge in [0.2, 0.25) is 0 Å². The van der Waals surface area contributed by atoms with Crippen LogP contribution in [0, 0.1) is 11.3 Å². The predicted octanol–water partition coefficient (Wildman–Crippen LogP) is 2.08. The first-order chi connectivity index (χ1) is 13.9. The van der Waals surface area contributed by atoms with Crippen molar-refractivity contribution >= 4 is 22.8 Å². The third-order valence-electron chi connectivity index (χ3n) is 5.49. The maximum atomic E-state index is 12.4. The van der Waals surface area contributed by atoms with E-state index in [4.69, 9.17) is 4.74 Å². The van der Waals surface area contributed by atoms with Gasteiger partial charge in [-0.2, -0.15) is 5.26 Å². The molecular formula is C21H24N4O4. The molecule has 0 saturated heterocycles. The number of aryl methyl sites for hydroxylation is 1. The monoisotopic (exact) mass is 396 g/mol. The number of para-hydroxylation sites is 1. The van der Waals surface area contributed by atoms with E-state index in [0.717, 1.165) is 19.3 Å². The fourth-order valence-corrected chi connectivity index (χ4v) is 3.68. The van der Waals surface area contributed by atoms with Gasteiger partial charge in [0, 0.05) is 13.5 Å². The Kier molecular flexibility index (Phi) is 6.27. The van der Waals surface area contributed by atoms with Crippen molar-refractivity contribution in [3.05, 3.63) is 40.4 Å². The number of fused-ring (bicyclic) bond motifs is 1. The largest absolute Gasteiger partial charge is 0.456 e. The number of esters is 1. The van der Waals surface area contributed by atoms with E-state index in [1.165, 1.54) is 4.90 Å². The molecule has 0 bridgehead atoms. The lowest BCUT2D eigenvalue weighted by Gasteiger charge is -2.38. The van der Waals surface area contributed by atoms with Crippen LogP contribution < -0.4 is 5.56 Å². The first-order valence-electron chi connectivity index (χ1n) is 9.77. The molecule has 8 nitrogen and oxygen atoms in total. The quantitative estimate of drug-likeness (QED) is 0.747. The SMILES string of the molecule is CN(C(=O)COC(=O)CCc1nc2ccccc2c(=O)[nH]1)C1(C#N)CCCCC1. The molecular weight excluding hydrogens is 372 g/mol. The molecule has 1 aliphatic rings. The van der Waals surface area contributed by atoms with Crippen molar-refractivity contribution in [3.63, 3.8) is 0 Å². The normalized spacial score (nSPS) is 15.4. The van der Waals surface area contributed by atoms with Gasteiger partial charge in [0.25, 0.3) is 11.5 Å². The molecule has 3 rings (SSSR count). The third-order valence-corrected chi connectivity index (χ3v) is 5.49. The summed E-state index contributed by atoms with van der Waals surface area (Å²) in [6.07, 6.45) is 4.34. The lowest BCUT2D eigenvalue weighted by Crippen LogP contribution is -2.51. The topological polar surface area (TPSA) is 116 Å². The average molecular weight is 396 g/mol. The van der Waals surface area contributed by atoms with E-state index >= 15 is 0 Å². The van der Waals surface area contributed by atoms with E-state index in [2.05, 4.69) is 16.0 Å². The van der Waals surface area contributed by atoms with Gasteiger partial charge in [-0.1, -0.05) is 31.4 Å². The minimum atomic E-state index is -0.809. The highest BCUT2D eigenvalue weighted by Crippen LogP contribution is 2.32. The summed E-state index contributed by atoms with van der Waals surface area (Å²) in [4.78, 5) is 44.9. The van der Waals surface area contributed by atoms with Crippen LogP contribution in [0.3, 0.4) is 0 Å². The van der Waals surface area contributed by atoms with Crippen LogP contribution in [0.5, 0.6) is 0 Å². The number of carbonyl (C=O) groups is 2. The zero-order valence-electron chi connectivity index (χ0n) is 16.4. The van der Waals surface area contributed by atoms with Crippen LogP contribution in [0.15, 0.2) is 29.1 Å². The van der Waals surface area contributed by atoms with Gasteiger partial charge in [-0.15, -0.1) is 0 Å². The molecule has 1 aromatic heterocycles. The molecule has 0 unspecified atom stereocenters. The van der Waals surface area contributed by atoms with Crippen molar-refractivity contribution in [3.8, 4) is 6.07 Å². The van der Waals surface area contributed by atoms with Gasteiger partial charge in [0.05, 0.1) is 23.4 Å². The lowest BCUT2D eigenvalue weighted by molar-refractivity contribution is -0.153. The van der Waals surface area contributed by atoms with Gasteiger partial charge in [0.15, 0.2) is 6.61 Å². The van der Waals surface area contributed by atoms with Crippen molar-refractivity contribution < 1.29 is 14.3 Å². The van der Waals surface area contributed by atoms with Crippen LogP contribution >= 0.6 is 0 Å². The molecule has 0 atom stereocenters. The van der Waals surface area contributed by atoms with Crippen molar-refractivity contribution in [2.45, 2.75) is 50.5 Å². The number of hydrogen-bond acceptors (Lipinski definition) is 6. The number of aromatic nitrogens is 2. The first-order valence-corrected chi connectivity index (χ1v) is 9.77. The molecule has 1 amide bonds. The summed E-state index contributed by atoms with van der Waals surface area (Å²) in [5, 5.41) is 10.0. The predicted molar refractivity (Wildman–Crippen MR) is 106 cm³/mol. The smallest absolute Gasteiger partial charge is 0.306 e. The summed E-state index contributed by atoms with van der Waals surface area (Å²) in [7, 11) is 1.59. The number of nitrogens with zero attached hydrogens (tertiary/aromatic N) is 3. The summed E-state index contributed by atoms with van der Waals surface area (Å²) in [5.41, 5.74) is -0.508. The average Bonchev–Trinajstić information content (AvgIpc) is 2.76. The van der Waals surface area contributed by atoms with Crippen LogP contribution in [0.4, 0.5) is 0 Å². The fraction of sp³-hybridized carbons (Fsp3) is 0.476. The molecule has 8 heteroatoms. The lowest BCUT2D eigenvalue weighted by atomic mass is 9.81. The van der Waals surface area contributed by atoms with Gasteiger partial charge in [-0.3, -0.25) is 14.4 Å². The zero-order chi connectivity index (χ0) is 20.9. The molecule has 1 aliphatic carbocycles. The molecule has 29 heavy (non-hydrogen) atoms. The summed E-state index contributed by atoms with van der Waals surface area (Å²) < 4.78 is 5.09. The minimum absolute atomic E-state index is 0.0122.